The summed E-state index contributed by atoms with van der Waals surface area (Å²) in [5.41, 5.74) is 2.08. The summed E-state index contributed by atoms with van der Waals surface area (Å²) in [4.78, 5) is 41.6. The topological polar surface area (TPSA) is 153 Å². The number of nitrogens with one attached hydrogen (secondary N) is 5. The Labute approximate surface area is 200 Å². The molecule has 0 fully saturated rings. The van der Waals surface area contributed by atoms with Crippen LogP contribution in [0.3, 0.4) is 0 Å². The Morgan fingerprint density at radius 3 is 2.34 bits per heavy atom. The first kappa shape index (κ1) is 23.8. The van der Waals surface area contributed by atoms with E-state index in [0.717, 1.165) is 12.0 Å². The SMILES string of the molecule is CCc1ccccc1NC(=O)CNC(=O)c1ccccc1NS(=O)(=O)c1ccc2[nH]c(=O)[nH]c2c1. The third-order valence-electron chi connectivity index (χ3n) is 5.30. The Bertz CT molecular complexity index is 1570. The zero-order valence-corrected chi connectivity index (χ0v) is 19.5. The normalized spacial score (nSPS) is 11.2. The molecule has 0 radical (unpaired) electrons. The van der Waals surface area contributed by atoms with E-state index in [1.807, 2.05) is 19.1 Å². The minimum atomic E-state index is -4.08. The highest BCUT2D eigenvalue weighted by molar-refractivity contribution is 7.92. The number of anilines is 2. The molecule has 0 bridgehead atoms. The van der Waals surface area contributed by atoms with Crippen molar-refractivity contribution in [1.29, 1.82) is 0 Å². The number of fused-ring (bicyclic) bond motifs is 1. The summed E-state index contributed by atoms with van der Waals surface area (Å²) < 4.78 is 28.3. The number of sulfonamides is 1. The maximum Gasteiger partial charge on any atom is 0.323 e. The molecule has 35 heavy (non-hydrogen) atoms. The van der Waals surface area contributed by atoms with Gasteiger partial charge in [-0.15, -0.1) is 0 Å². The van der Waals surface area contributed by atoms with E-state index >= 15 is 0 Å². The number of imidazole rings is 1. The molecular formula is C24H23N5O5S. The lowest BCUT2D eigenvalue weighted by Crippen LogP contribution is -2.33. The molecule has 0 saturated carbocycles. The van der Waals surface area contributed by atoms with Crippen molar-refractivity contribution in [1.82, 2.24) is 15.3 Å². The van der Waals surface area contributed by atoms with Gasteiger partial charge in [-0.1, -0.05) is 37.3 Å². The molecule has 4 aromatic rings. The van der Waals surface area contributed by atoms with Crippen LogP contribution in [0.15, 0.2) is 76.4 Å². The van der Waals surface area contributed by atoms with Gasteiger partial charge in [0.25, 0.3) is 15.9 Å². The predicted octanol–water partition coefficient (Wildman–Crippen LogP) is 2.59. The van der Waals surface area contributed by atoms with Gasteiger partial charge in [-0.25, -0.2) is 13.2 Å². The summed E-state index contributed by atoms with van der Waals surface area (Å²) in [6, 6.07) is 17.6. The molecule has 0 unspecified atom stereocenters. The molecule has 1 heterocycles. The predicted molar refractivity (Wildman–Crippen MR) is 133 cm³/mol. The Balaban J connectivity index is 1.47. The van der Waals surface area contributed by atoms with Crippen LogP contribution < -0.4 is 21.0 Å². The van der Waals surface area contributed by atoms with Crippen LogP contribution in [-0.2, 0) is 21.2 Å². The van der Waals surface area contributed by atoms with Crippen molar-refractivity contribution < 1.29 is 18.0 Å². The smallest absolute Gasteiger partial charge is 0.323 e. The maximum atomic E-state index is 12.9. The molecular weight excluding hydrogens is 470 g/mol. The Hall–Kier alpha value is -4.38. The average molecular weight is 494 g/mol. The number of rotatable bonds is 8. The summed E-state index contributed by atoms with van der Waals surface area (Å²) in [5, 5.41) is 5.29. The average Bonchev–Trinajstić information content (AvgIpc) is 3.22. The maximum absolute atomic E-state index is 12.9. The van der Waals surface area contributed by atoms with E-state index in [-0.39, 0.29) is 22.7 Å². The number of para-hydroxylation sites is 2. The molecule has 0 saturated heterocycles. The van der Waals surface area contributed by atoms with Gasteiger partial charge in [-0.2, -0.15) is 0 Å². The van der Waals surface area contributed by atoms with Crippen molar-refractivity contribution in [2.45, 2.75) is 18.2 Å². The molecule has 0 aliphatic heterocycles. The third kappa shape index (κ3) is 5.41. The minimum Gasteiger partial charge on any atom is -0.343 e. The van der Waals surface area contributed by atoms with Gasteiger partial charge >= 0.3 is 5.69 Å². The standard InChI is InChI=1S/C24H23N5O5S/c1-2-15-7-3-5-9-18(15)26-22(30)14-25-23(31)17-8-4-6-10-19(17)29-35(33,34)16-11-12-20-21(13-16)28-24(32)27-20/h3-13,29H,2,14H2,1H3,(H,25,31)(H,26,30)(H2,27,28,32). The number of H-pyrrole nitrogens is 2. The van der Waals surface area contributed by atoms with Crippen molar-refractivity contribution in [2.75, 3.05) is 16.6 Å². The first-order valence-electron chi connectivity index (χ1n) is 10.8. The highest BCUT2D eigenvalue weighted by Gasteiger charge is 2.20. The monoisotopic (exact) mass is 493 g/mol. The van der Waals surface area contributed by atoms with Gasteiger partial charge in [0.15, 0.2) is 0 Å². The lowest BCUT2D eigenvalue weighted by molar-refractivity contribution is -0.115. The number of aromatic nitrogens is 2. The number of hydrogen-bond donors (Lipinski definition) is 5. The van der Waals surface area contributed by atoms with E-state index in [1.54, 1.807) is 24.3 Å². The van der Waals surface area contributed by atoms with E-state index in [9.17, 15) is 22.8 Å². The van der Waals surface area contributed by atoms with E-state index in [4.69, 9.17) is 0 Å². The second kappa shape index (κ2) is 9.85. The van der Waals surface area contributed by atoms with Crippen LogP contribution in [0.4, 0.5) is 11.4 Å². The molecule has 0 spiro atoms. The van der Waals surface area contributed by atoms with E-state index in [1.165, 1.54) is 30.3 Å². The quantitative estimate of drug-likeness (QED) is 0.255. The fourth-order valence-corrected chi connectivity index (χ4v) is 4.66. The molecule has 180 valence electrons. The molecule has 10 nitrogen and oxygen atoms in total. The second-order valence-electron chi connectivity index (χ2n) is 7.68. The number of aryl methyl sites for hydroxylation is 1. The summed E-state index contributed by atoms with van der Waals surface area (Å²) in [6.07, 6.45) is 0.740. The van der Waals surface area contributed by atoms with Crippen LogP contribution in [0.5, 0.6) is 0 Å². The second-order valence-corrected chi connectivity index (χ2v) is 9.36. The van der Waals surface area contributed by atoms with Crippen LogP contribution >= 0.6 is 0 Å². The molecule has 5 N–H and O–H groups in total. The van der Waals surface area contributed by atoms with Crippen molar-refractivity contribution in [3.8, 4) is 0 Å². The molecule has 3 aromatic carbocycles. The van der Waals surface area contributed by atoms with Crippen LogP contribution in [0, 0.1) is 0 Å². The molecule has 0 atom stereocenters. The number of carbonyl (C=O) groups is 2. The number of benzene rings is 3. The lowest BCUT2D eigenvalue weighted by Gasteiger charge is -2.13. The largest absolute Gasteiger partial charge is 0.343 e. The number of aromatic amines is 2. The highest BCUT2D eigenvalue weighted by atomic mass is 32.2. The molecule has 0 aliphatic carbocycles. The number of amides is 2. The molecule has 1 aromatic heterocycles. The summed E-state index contributed by atoms with van der Waals surface area (Å²) in [5.74, 6) is -1.03. The zero-order valence-electron chi connectivity index (χ0n) is 18.7. The van der Waals surface area contributed by atoms with Gasteiger partial charge in [-0.05, 0) is 48.4 Å². The minimum absolute atomic E-state index is 0.0457. The van der Waals surface area contributed by atoms with Crippen molar-refractivity contribution in [3.05, 3.63) is 88.3 Å². The van der Waals surface area contributed by atoms with Gasteiger partial charge < -0.3 is 20.6 Å². The van der Waals surface area contributed by atoms with Crippen LogP contribution in [0.1, 0.15) is 22.8 Å². The highest BCUT2D eigenvalue weighted by Crippen LogP contribution is 2.22. The van der Waals surface area contributed by atoms with Crippen LogP contribution in [0.2, 0.25) is 0 Å². The molecule has 11 heteroatoms. The fraction of sp³-hybridized carbons (Fsp3) is 0.125. The van der Waals surface area contributed by atoms with Gasteiger partial charge in [0.2, 0.25) is 5.91 Å². The summed E-state index contributed by atoms with van der Waals surface area (Å²) in [7, 11) is -4.08. The van der Waals surface area contributed by atoms with Crippen molar-refractivity contribution >= 4 is 44.2 Å². The zero-order chi connectivity index (χ0) is 25.0. The van der Waals surface area contributed by atoms with Gasteiger partial charge in [0, 0.05) is 5.69 Å². The Kier molecular flexibility index (Phi) is 6.69. The first-order chi connectivity index (χ1) is 16.8. The Morgan fingerprint density at radius 1 is 0.886 bits per heavy atom. The van der Waals surface area contributed by atoms with Crippen molar-refractivity contribution in [2.24, 2.45) is 0 Å². The van der Waals surface area contributed by atoms with Crippen LogP contribution in [-0.4, -0.2) is 36.7 Å². The van der Waals surface area contributed by atoms with E-state index in [0.29, 0.717) is 16.7 Å². The Morgan fingerprint density at radius 2 is 1.57 bits per heavy atom. The van der Waals surface area contributed by atoms with Crippen molar-refractivity contribution in [3.63, 3.8) is 0 Å². The summed E-state index contributed by atoms with van der Waals surface area (Å²) in [6.45, 7) is 1.68. The number of carbonyl (C=O) groups excluding carboxylic acids is 2. The van der Waals surface area contributed by atoms with E-state index in [2.05, 4.69) is 25.3 Å². The van der Waals surface area contributed by atoms with Gasteiger partial charge in [0.1, 0.15) is 0 Å². The summed E-state index contributed by atoms with van der Waals surface area (Å²) >= 11 is 0. The van der Waals surface area contributed by atoms with Gasteiger partial charge in [-0.3, -0.25) is 14.3 Å². The first-order valence-corrected chi connectivity index (χ1v) is 12.2. The third-order valence-corrected chi connectivity index (χ3v) is 6.66. The van der Waals surface area contributed by atoms with Gasteiger partial charge in [0.05, 0.1) is 33.7 Å². The molecule has 0 aliphatic rings. The lowest BCUT2D eigenvalue weighted by atomic mass is 10.1. The molecule has 2 amide bonds. The number of hydrogen-bond acceptors (Lipinski definition) is 5. The fourth-order valence-electron chi connectivity index (χ4n) is 3.55. The van der Waals surface area contributed by atoms with Crippen LogP contribution in [0.25, 0.3) is 11.0 Å². The molecule has 4 rings (SSSR count). The van der Waals surface area contributed by atoms with E-state index < -0.39 is 27.5 Å².